The van der Waals surface area contributed by atoms with Crippen molar-refractivity contribution in [2.24, 2.45) is 0 Å². The number of ether oxygens (including phenoxy) is 2. The quantitative estimate of drug-likeness (QED) is 0.631. The SMILES string of the molecule is COc1cc(Cl)c(C2CC2)cc1NC(C)CN1CCN(C2CN(C(=O)OC(C)(C)C)C2)CC1. The van der Waals surface area contributed by atoms with Crippen molar-refractivity contribution in [3.63, 3.8) is 0 Å². The Morgan fingerprint density at radius 1 is 1.18 bits per heavy atom. The van der Waals surface area contributed by atoms with Gasteiger partial charge in [-0.1, -0.05) is 11.6 Å². The first-order valence-electron chi connectivity index (χ1n) is 12.2. The number of nitrogens with one attached hydrogen (secondary N) is 1. The van der Waals surface area contributed by atoms with Gasteiger partial charge in [-0.25, -0.2) is 4.79 Å². The minimum absolute atomic E-state index is 0.195. The number of carbonyl (C=O) groups is 1. The summed E-state index contributed by atoms with van der Waals surface area (Å²) >= 11 is 6.47. The molecule has 1 N–H and O–H groups in total. The van der Waals surface area contributed by atoms with Gasteiger partial charge in [-0.05, 0) is 58.1 Å². The minimum atomic E-state index is -0.436. The van der Waals surface area contributed by atoms with E-state index in [9.17, 15) is 4.79 Å². The Hall–Kier alpha value is -1.70. The number of hydrogen-bond acceptors (Lipinski definition) is 6. The largest absolute Gasteiger partial charge is 0.495 e. The smallest absolute Gasteiger partial charge is 0.410 e. The summed E-state index contributed by atoms with van der Waals surface area (Å²) in [5.74, 6) is 1.41. The molecule has 7 nitrogen and oxygen atoms in total. The molecule has 33 heavy (non-hydrogen) atoms. The zero-order chi connectivity index (χ0) is 23.8. The fourth-order valence-corrected chi connectivity index (χ4v) is 5.04. The van der Waals surface area contributed by atoms with E-state index in [1.807, 2.05) is 31.7 Å². The molecule has 2 saturated heterocycles. The minimum Gasteiger partial charge on any atom is -0.495 e. The van der Waals surface area contributed by atoms with Crippen molar-refractivity contribution in [2.45, 2.75) is 64.1 Å². The second-order valence-corrected chi connectivity index (χ2v) is 11.2. The second-order valence-electron chi connectivity index (χ2n) is 10.8. The van der Waals surface area contributed by atoms with Gasteiger partial charge in [0.2, 0.25) is 0 Å². The molecule has 1 amide bonds. The number of piperazine rings is 1. The molecule has 1 aromatic carbocycles. The average Bonchev–Trinajstić information content (AvgIpc) is 3.53. The Labute approximate surface area is 203 Å². The van der Waals surface area contributed by atoms with Crippen molar-refractivity contribution in [1.29, 1.82) is 0 Å². The van der Waals surface area contributed by atoms with E-state index < -0.39 is 5.60 Å². The lowest BCUT2D eigenvalue weighted by Gasteiger charge is -2.48. The van der Waals surface area contributed by atoms with Gasteiger partial charge >= 0.3 is 6.09 Å². The highest BCUT2D eigenvalue weighted by molar-refractivity contribution is 6.31. The van der Waals surface area contributed by atoms with Crippen LogP contribution in [0.2, 0.25) is 5.02 Å². The van der Waals surface area contributed by atoms with E-state index in [2.05, 4.69) is 28.1 Å². The molecule has 2 aliphatic heterocycles. The van der Waals surface area contributed by atoms with E-state index in [-0.39, 0.29) is 6.09 Å². The van der Waals surface area contributed by atoms with Gasteiger partial charge in [0.1, 0.15) is 11.4 Å². The number of likely N-dealkylation sites (tertiary alicyclic amines) is 1. The van der Waals surface area contributed by atoms with Crippen LogP contribution in [0, 0.1) is 0 Å². The van der Waals surface area contributed by atoms with E-state index in [0.717, 1.165) is 62.3 Å². The molecule has 3 fully saturated rings. The maximum absolute atomic E-state index is 12.2. The lowest BCUT2D eigenvalue weighted by atomic mass is 10.1. The van der Waals surface area contributed by atoms with Gasteiger partial charge in [0.15, 0.2) is 0 Å². The van der Waals surface area contributed by atoms with Gasteiger partial charge in [-0.15, -0.1) is 0 Å². The summed E-state index contributed by atoms with van der Waals surface area (Å²) in [4.78, 5) is 19.0. The molecule has 3 aliphatic rings. The molecule has 2 heterocycles. The molecule has 1 aromatic rings. The zero-order valence-electron chi connectivity index (χ0n) is 20.7. The summed E-state index contributed by atoms with van der Waals surface area (Å²) in [5, 5.41) is 4.47. The highest BCUT2D eigenvalue weighted by Gasteiger charge is 2.38. The number of benzene rings is 1. The third-order valence-electron chi connectivity index (χ3n) is 6.71. The molecule has 4 rings (SSSR count). The van der Waals surface area contributed by atoms with E-state index in [1.165, 1.54) is 18.4 Å². The number of methoxy groups -OCH3 is 1. The van der Waals surface area contributed by atoms with Crippen LogP contribution >= 0.6 is 11.6 Å². The third-order valence-corrected chi connectivity index (χ3v) is 7.03. The van der Waals surface area contributed by atoms with Gasteiger partial charge in [0.25, 0.3) is 0 Å². The maximum atomic E-state index is 12.2. The Balaban J connectivity index is 1.22. The molecular formula is C25H39ClN4O3. The lowest BCUT2D eigenvalue weighted by Crippen LogP contribution is -2.64. The first-order chi connectivity index (χ1) is 15.6. The molecule has 0 spiro atoms. The van der Waals surface area contributed by atoms with Crippen molar-refractivity contribution in [3.8, 4) is 5.75 Å². The molecule has 0 aromatic heterocycles. The van der Waals surface area contributed by atoms with Crippen LogP contribution < -0.4 is 10.1 Å². The second kappa shape index (κ2) is 9.88. The predicted molar refractivity (Wildman–Crippen MR) is 133 cm³/mol. The monoisotopic (exact) mass is 478 g/mol. The van der Waals surface area contributed by atoms with Crippen LogP contribution in [0.5, 0.6) is 5.75 Å². The van der Waals surface area contributed by atoms with E-state index in [0.29, 0.717) is 18.0 Å². The molecule has 1 saturated carbocycles. The molecular weight excluding hydrogens is 440 g/mol. The number of nitrogens with zero attached hydrogens (tertiary/aromatic N) is 3. The Morgan fingerprint density at radius 2 is 1.85 bits per heavy atom. The molecule has 184 valence electrons. The molecule has 0 radical (unpaired) electrons. The summed E-state index contributed by atoms with van der Waals surface area (Å²) < 4.78 is 11.1. The van der Waals surface area contributed by atoms with Crippen LogP contribution in [0.15, 0.2) is 12.1 Å². The van der Waals surface area contributed by atoms with Crippen molar-refractivity contribution in [2.75, 3.05) is 58.2 Å². The number of anilines is 1. The van der Waals surface area contributed by atoms with Crippen molar-refractivity contribution in [3.05, 3.63) is 22.7 Å². The van der Waals surface area contributed by atoms with Gasteiger partial charge in [0, 0.05) is 69.0 Å². The standard InChI is InChI=1S/C25H39ClN4O3/c1-17(27-22-12-20(18-6-7-18)21(26)13-23(22)32-5)14-28-8-10-29(11-9-28)19-15-30(16-19)24(31)33-25(2,3)4/h12-13,17-19,27H,6-11,14-16H2,1-5H3. The van der Waals surface area contributed by atoms with Crippen molar-refractivity contribution < 1.29 is 14.3 Å². The van der Waals surface area contributed by atoms with Gasteiger partial charge < -0.3 is 19.7 Å². The molecule has 0 bridgehead atoms. The first kappa shape index (κ1) is 24.4. The molecule has 1 atom stereocenters. The van der Waals surface area contributed by atoms with Gasteiger partial charge in [-0.3, -0.25) is 9.80 Å². The van der Waals surface area contributed by atoms with E-state index in [4.69, 9.17) is 21.1 Å². The van der Waals surface area contributed by atoms with E-state index >= 15 is 0 Å². The normalized spacial score (nSPS) is 21.5. The summed E-state index contributed by atoms with van der Waals surface area (Å²) in [6.45, 7) is 14.6. The number of halogens is 1. The van der Waals surface area contributed by atoms with Crippen LogP contribution in [0.1, 0.15) is 52.0 Å². The Morgan fingerprint density at radius 3 is 2.42 bits per heavy atom. The van der Waals surface area contributed by atoms with Crippen LogP contribution in [0.4, 0.5) is 10.5 Å². The summed E-state index contributed by atoms with van der Waals surface area (Å²) in [5.41, 5.74) is 1.84. The fourth-order valence-electron chi connectivity index (χ4n) is 4.73. The van der Waals surface area contributed by atoms with Crippen LogP contribution in [-0.4, -0.2) is 91.4 Å². The van der Waals surface area contributed by atoms with Gasteiger partial charge in [-0.2, -0.15) is 0 Å². The highest BCUT2D eigenvalue weighted by atomic mass is 35.5. The van der Waals surface area contributed by atoms with Crippen LogP contribution in [-0.2, 0) is 4.74 Å². The Bertz CT molecular complexity index is 841. The summed E-state index contributed by atoms with van der Waals surface area (Å²) in [7, 11) is 1.70. The van der Waals surface area contributed by atoms with Crippen LogP contribution in [0.25, 0.3) is 0 Å². The third kappa shape index (κ3) is 6.25. The number of hydrogen-bond donors (Lipinski definition) is 1. The predicted octanol–water partition coefficient (Wildman–Crippen LogP) is 4.26. The topological polar surface area (TPSA) is 57.3 Å². The van der Waals surface area contributed by atoms with Crippen molar-refractivity contribution in [1.82, 2.24) is 14.7 Å². The van der Waals surface area contributed by atoms with Gasteiger partial charge in [0.05, 0.1) is 12.8 Å². The lowest BCUT2D eigenvalue weighted by molar-refractivity contribution is -0.0248. The summed E-state index contributed by atoms with van der Waals surface area (Å²) in [6, 6.07) is 4.88. The molecule has 1 unspecified atom stereocenters. The number of amides is 1. The highest BCUT2D eigenvalue weighted by Crippen LogP contribution is 2.46. The summed E-state index contributed by atoms with van der Waals surface area (Å²) in [6.07, 6.45) is 2.25. The molecule has 1 aliphatic carbocycles. The Kier molecular flexibility index (Phi) is 7.32. The zero-order valence-corrected chi connectivity index (χ0v) is 21.5. The number of rotatable bonds is 7. The van der Waals surface area contributed by atoms with Crippen molar-refractivity contribution >= 4 is 23.4 Å². The first-order valence-corrected chi connectivity index (χ1v) is 12.6. The van der Waals surface area contributed by atoms with Crippen LogP contribution in [0.3, 0.4) is 0 Å². The fraction of sp³-hybridized carbons (Fsp3) is 0.720. The number of carbonyl (C=O) groups excluding carboxylic acids is 1. The average molecular weight is 479 g/mol. The van der Waals surface area contributed by atoms with E-state index in [1.54, 1.807) is 7.11 Å². The molecule has 8 heteroatoms. The maximum Gasteiger partial charge on any atom is 0.410 e.